The minimum absolute atomic E-state index is 0. The molecule has 0 radical (unpaired) electrons. The van der Waals surface area contributed by atoms with Crippen LogP contribution in [-0.2, 0) is 26.0 Å². The van der Waals surface area contributed by atoms with Crippen LogP contribution in [0.4, 0.5) is 0 Å². The van der Waals surface area contributed by atoms with Gasteiger partial charge in [0.25, 0.3) is 0 Å². The van der Waals surface area contributed by atoms with E-state index in [1.54, 1.807) is 0 Å². The molecular formula is C11H17ClOTi. The molecule has 0 heterocycles. The number of hydrogen-bond acceptors (Lipinski definition) is 1. The van der Waals surface area contributed by atoms with Crippen LogP contribution in [0, 0.1) is 5.41 Å². The Morgan fingerprint density at radius 1 is 1.14 bits per heavy atom. The Labute approximate surface area is 107 Å². The van der Waals surface area contributed by atoms with Gasteiger partial charge < -0.3 is 0 Å². The van der Waals surface area contributed by atoms with Gasteiger partial charge in [-0.3, -0.25) is 4.29 Å². The van der Waals surface area contributed by atoms with Crippen molar-refractivity contribution in [1.82, 2.24) is 0 Å². The summed E-state index contributed by atoms with van der Waals surface area (Å²) in [6.07, 6.45) is 0. The summed E-state index contributed by atoms with van der Waals surface area (Å²) in [5.41, 5.74) is 5.56. The third-order valence-corrected chi connectivity index (χ3v) is 3.58. The summed E-state index contributed by atoms with van der Waals surface area (Å²) in [5, 5.41) is 0. The molecule has 0 aromatic rings. The van der Waals surface area contributed by atoms with Gasteiger partial charge in [-0.15, -0.1) is 0 Å². The fraction of sp³-hybridized carbons (Fsp3) is 0.636. The van der Waals surface area contributed by atoms with Crippen LogP contribution in [-0.4, -0.2) is 6.61 Å². The van der Waals surface area contributed by atoms with Gasteiger partial charge in [0, 0.05) is 27.1 Å². The summed E-state index contributed by atoms with van der Waals surface area (Å²) in [5.74, 6) is 0. The molecule has 1 aliphatic rings. The van der Waals surface area contributed by atoms with Crippen molar-refractivity contribution < 1.29 is 26.0 Å². The number of hydrogen-bond donors (Lipinski definition) is 0. The van der Waals surface area contributed by atoms with Crippen molar-refractivity contribution in [3.05, 3.63) is 22.3 Å². The fourth-order valence-corrected chi connectivity index (χ4v) is 2.12. The molecule has 14 heavy (non-hydrogen) atoms. The molecule has 0 saturated heterocycles. The predicted molar refractivity (Wildman–Crippen MR) is 56.7 cm³/mol. The van der Waals surface area contributed by atoms with E-state index in [1.165, 1.54) is 22.3 Å². The average Bonchev–Trinajstić information content (AvgIpc) is 2.20. The molecule has 78 valence electrons. The van der Waals surface area contributed by atoms with E-state index in [9.17, 15) is 0 Å². The standard InChI is InChI=1S/C11H17ClO.Ti/c1-7-8(2)10(6-13-12)11(4,5)9(7)3;/h6H2,1-5H3;. The van der Waals surface area contributed by atoms with Crippen LogP contribution in [0.25, 0.3) is 0 Å². The molecule has 0 saturated carbocycles. The molecule has 0 aromatic heterocycles. The second-order valence-corrected chi connectivity index (χ2v) is 4.45. The summed E-state index contributed by atoms with van der Waals surface area (Å²) in [6, 6.07) is 0. The zero-order valence-electron chi connectivity index (χ0n) is 9.49. The Balaban J connectivity index is 0.00000169. The van der Waals surface area contributed by atoms with E-state index in [0.717, 1.165) is 0 Å². The van der Waals surface area contributed by atoms with Crippen molar-refractivity contribution in [3.8, 4) is 0 Å². The van der Waals surface area contributed by atoms with Crippen LogP contribution >= 0.6 is 11.9 Å². The predicted octanol–water partition coefficient (Wildman–Crippen LogP) is 3.85. The SMILES string of the molecule is CC1=C(C)C(C)(C)C(COCl)=C1C.[Ti]. The normalized spacial score (nSPS) is 20.1. The van der Waals surface area contributed by atoms with Crippen molar-refractivity contribution in [2.24, 2.45) is 5.41 Å². The monoisotopic (exact) mass is 248 g/mol. The Morgan fingerprint density at radius 2 is 1.64 bits per heavy atom. The quantitative estimate of drug-likeness (QED) is 0.675. The molecule has 0 aromatic carbocycles. The molecule has 0 atom stereocenters. The van der Waals surface area contributed by atoms with Crippen molar-refractivity contribution >= 4 is 11.9 Å². The summed E-state index contributed by atoms with van der Waals surface area (Å²) < 4.78 is 4.72. The van der Waals surface area contributed by atoms with Crippen molar-refractivity contribution in [1.29, 1.82) is 0 Å². The maximum atomic E-state index is 5.32. The van der Waals surface area contributed by atoms with Gasteiger partial charge in [-0.25, -0.2) is 0 Å². The van der Waals surface area contributed by atoms with Crippen LogP contribution in [0.5, 0.6) is 0 Å². The molecule has 0 fully saturated rings. The minimum Gasteiger partial charge on any atom is -0.275 e. The first-order valence-corrected chi connectivity index (χ1v) is 4.86. The van der Waals surface area contributed by atoms with E-state index < -0.39 is 0 Å². The van der Waals surface area contributed by atoms with E-state index in [4.69, 9.17) is 16.2 Å². The topological polar surface area (TPSA) is 9.23 Å². The molecular weight excluding hydrogens is 231 g/mol. The molecule has 1 rings (SSSR count). The Kier molecular flexibility index (Phi) is 5.14. The summed E-state index contributed by atoms with van der Waals surface area (Å²) >= 11 is 5.32. The van der Waals surface area contributed by atoms with E-state index in [-0.39, 0.29) is 27.1 Å². The molecule has 3 heteroatoms. The first kappa shape index (κ1) is 14.4. The molecule has 0 bridgehead atoms. The summed E-state index contributed by atoms with van der Waals surface area (Å²) in [4.78, 5) is 0. The van der Waals surface area contributed by atoms with Gasteiger partial charge in [-0.1, -0.05) is 19.4 Å². The first-order chi connectivity index (χ1) is 5.92. The maximum absolute atomic E-state index is 5.32. The van der Waals surface area contributed by atoms with Gasteiger partial charge >= 0.3 is 0 Å². The van der Waals surface area contributed by atoms with Crippen LogP contribution in [0.3, 0.4) is 0 Å². The van der Waals surface area contributed by atoms with Gasteiger partial charge in [0.15, 0.2) is 0 Å². The fourth-order valence-electron chi connectivity index (χ4n) is 2.01. The van der Waals surface area contributed by atoms with Gasteiger partial charge in [0.2, 0.25) is 0 Å². The van der Waals surface area contributed by atoms with Crippen molar-refractivity contribution in [2.75, 3.05) is 6.61 Å². The van der Waals surface area contributed by atoms with Crippen LogP contribution in [0.1, 0.15) is 34.6 Å². The van der Waals surface area contributed by atoms with E-state index in [0.29, 0.717) is 6.61 Å². The molecule has 0 spiro atoms. The van der Waals surface area contributed by atoms with Gasteiger partial charge in [-0.2, -0.15) is 0 Å². The molecule has 0 amide bonds. The molecule has 0 aliphatic heterocycles. The third-order valence-electron chi connectivity index (χ3n) is 3.47. The maximum Gasteiger partial charge on any atom is 0.0907 e. The first-order valence-electron chi connectivity index (χ1n) is 4.55. The number of rotatable bonds is 2. The minimum atomic E-state index is 0. The van der Waals surface area contributed by atoms with Crippen LogP contribution in [0.15, 0.2) is 22.3 Å². The molecule has 0 unspecified atom stereocenters. The summed E-state index contributed by atoms with van der Waals surface area (Å²) in [7, 11) is 0. The Hall–Kier alpha value is 0.444. The smallest absolute Gasteiger partial charge is 0.0907 e. The van der Waals surface area contributed by atoms with Gasteiger partial charge in [-0.05, 0) is 37.5 Å². The Morgan fingerprint density at radius 3 is 1.93 bits per heavy atom. The zero-order valence-corrected chi connectivity index (χ0v) is 11.8. The van der Waals surface area contributed by atoms with Crippen molar-refractivity contribution in [3.63, 3.8) is 0 Å². The third kappa shape index (κ3) is 2.16. The van der Waals surface area contributed by atoms with Crippen LogP contribution in [0.2, 0.25) is 0 Å². The number of halogens is 1. The second-order valence-electron chi connectivity index (χ2n) is 4.23. The number of allylic oxidation sites excluding steroid dienone is 3. The van der Waals surface area contributed by atoms with Gasteiger partial charge in [0.05, 0.1) is 18.5 Å². The second kappa shape index (κ2) is 4.98. The largest absolute Gasteiger partial charge is 0.275 e. The molecule has 1 aliphatic carbocycles. The zero-order chi connectivity index (χ0) is 10.2. The van der Waals surface area contributed by atoms with Crippen molar-refractivity contribution in [2.45, 2.75) is 34.6 Å². The van der Waals surface area contributed by atoms with E-state index in [2.05, 4.69) is 34.6 Å². The van der Waals surface area contributed by atoms with Crippen LogP contribution < -0.4 is 0 Å². The molecule has 1 nitrogen and oxygen atoms in total. The van der Waals surface area contributed by atoms with E-state index in [1.807, 2.05) is 0 Å². The Bertz CT molecular complexity index is 290. The van der Waals surface area contributed by atoms with E-state index >= 15 is 0 Å². The average molecular weight is 249 g/mol. The summed E-state index contributed by atoms with van der Waals surface area (Å²) in [6.45, 7) is 11.4. The van der Waals surface area contributed by atoms with Gasteiger partial charge in [0.1, 0.15) is 0 Å². The molecule has 0 N–H and O–H groups in total.